The van der Waals surface area contributed by atoms with E-state index in [4.69, 9.17) is 34.4 Å². The Morgan fingerprint density at radius 1 is 0.533 bits per heavy atom. The summed E-state index contributed by atoms with van der Waals surface area (Å²) in [6.07, 6.45) is 0.567. The number of nitrogens with one attached hydrogen (secondary N) is 11. The van der Waals surface area contributed by atoms with Crippen LogP contribution in [0.25, 0.3) is 23.1 Å². The van der Waals surface area contributed by atoms with E-state index in [9.17, 15) is 67.7 Å². The van der Waals surface area contributed by atoms with Gasteiger partial charge in [0, 0.05) is 41.4 Å². The van der Waals surface area contributed by atoms with E-state index in [1.807, 2.05) is 0 Å². The van der Waals surface area contributed by atoms with Crippen molar-refractivity contribution in [2.45, 2.75) is 162 Å². The lowest BCUT2D eigenvalue weighted by molar-refractivity contribution is -0.136. The predicted octanol–water partition coefficient (Wildman–Crippen LogP) is -2.91. The van der Waals surface area contributed by atoms with Gasteiger partial charge in [-0.2, -0.15) is 9.78 Å². The molecule has 25 N–H and O–H groups in total. The predicted molar refractivity (Wildman–Crippen MR) is 393 cm³/mol. The van der Waals surface area contributed by atoms with Crippen LogP contribution in [0.3, 0.4) is 0 Å². The number of aromatic nitrogens is 3. The second kappa shape index (κ2) is 43.7. The zero-order valence-electron chi connectivity index (χ0n) is 59.4. The van der Waals surface area contributed by atoms with Crippen molar-refractivity contribution < 1.29 is 67.7 Å². The third-order valence-electron chi connectivity index (χ3n) is 16.2. The van der Waals surface area contributed by atoms with Crippen LogP contribution in [-0.2, 0) is 54.4 Å². The van der Waals surface area contributed by atoms with Gasteiger partial charge in [-0.3, -0.25) is 57.7 Å². The van der Waals surface area contributed by atoms with Gasteiger partial charge in [0.2, 0.25) is 59.1 Å². The Kier molecular flexibility index (Phi) is 35.6. The smallest absolute Gasteiger partial charge is 0.343 e. The molecule has 0 spiro atoms. The summed E-state index contributed by atoms with van der Waals surface area (Å²) in [6.45, 7) is 5.09. The number of aliphatic hydroxyl groups is 2. The summed E-state index contributed by atoms with van der Waals surface area (Å²) in [5.41, 5.74) is 37.1. The Hall–Kier alpha value is -10.3. The van der Waals surface area contributed by atoms with E-state index < -0.39 is 132 Å². The molecular weight excluding hydrogens is 1380 g/mol. The topological polar surface area (TPSA) is 564 Å². The summed E-state index contributed by atoms with van der Waals surface area (Å²) in [7, 11) is 1.51. The van der Waals surface area contributed by atoms with Gasteiger partial charge in [-0.25, -0.2) is 4.79 Å². The number of nitrogens with zero attached hydrogens (tertiary/aromatic N) is 3. The number of benzene rings is 3. The Bertz CT molecular complexity index is 3790. The van der Waals surface area contributed by atoms with Crippen molar-refractivity contribution in [2.75, 3.05) is 46.3 Å². The first-order valence-corrected chi connectivity index (χ1v) is 35.3. The standard InChI is InChI=1S/C70H100N20O14S/c1-39(2)35-54(67(101)82-49(23-29-72)62(96)80-48(22-28-71)60(76)94)85-68(102)55(37-42-13-7-6-8-14-42)86-64(98)50(24-30-73)81-65(99)53(27-34-79-58(93)36-40(3)91)83-63(97)51(25-31-74)84-69(103)59(41(4)92)88-66(100)52(26-32-75)87-70(104)90-56-38-44(105-57-17-10-9-16-46(57)61(95)77-5)19-20-45(56)47(89-90)21-18-43-15-11-12-33-78-43/h6-21,33,38-41,48-55,59,91-92H,22-32,34-37,71-75H2,1-5H3,(H2,76,94)(H,77,95)(H,79,93)(H,80,96)(H,81,99)(H,82,101)(H,83,97)(H,84,103)(H,85,102)(H,86,98)(H,87,104)(H,88,100)/b21-18+/t40-,41-,48+,49+,50+,51+,52+,53+,54+,55-,59+/m1/s1. The molecule has 3 aromatic carbocycles. The molecule has 0 aliphatic rings. The first-order chi connectivity index (χ1) is 50.1. The minimum Gasteiger partial charge on any atom is -0.393 e. The monoisotopic (exact) mass is 1480 g/mol. The van der Waals surface area contributed by atoms with Gasteiger partial charge in [-0.05, 0) is 158 Å². The molecule has 11 atom stereocenters. The summed E-state index contributed by atoms with van der Waals surface area (Å²) in [5.74, 6) is -9.59. The third kappa shape index (κ3) is 27.4. The van der Waals surface area contributed by atoms with E-state index >= 15 is 0 Å². The minimum absolute atomic E-state index is 0.00862. The molecule has 34 nitrogen and oxygen atoms in total. The fraction of sp³-hybridized carbons (Fsp3) is 0.457. The molecule has 0 bridgehead atoms. The first-order valence-electron chi connectivity index (χ1n) is 34.5. The van der Waals surface area contributed by atoms with Gasteiger partial charge in [-0.1, -0.05) is 74.1 Å². The molecule has 0 radical (unpaired) electrons. The highest BCUT2D eigenvalue weighted by molar-refractivity contribution is 7.99. The molecule has 2 aromatic heterocycles. The maximum absolute atomic E-state index is 14.6. The van der Waals surface area contributed by atoms with Crippen LogP contribution in [0, 0.1) is 5.92 Å². The van der Waals surface area contributed by atoms with Crippen LogP contribution in [0.2, 0.25) is 0 Å². The van der Waals surface area contributed by atoms with Gasteiger partial charge in [0.15, 0.2) is 0 Å². The van der Waals surface area contributed by atoms with Crippen molar-refractivity contribution in [3.05, 3.63) is 120 Å². The maximum Gasteiger partial charge on any atom is 0.343 e. The molecule has 0 fully saturated rings. The fourth-order valence-corrected chi connectivity index (χ4v) is 11.8. The van der Waals surface area contributed by atoms with Crippen molar-refractivity contribution in [2.24, 2.45) is 40.3 Å². The zero-order valence-corrected chi connectivity index (χ0v) is 60.3. The lowest BCUT2D eigenvalue weighted by Crippen LogP contribution is -2.62. The highest BCUT2D eigenvalue weighted by Crippen LogP contribution is 2.34. The molecule has 2 heterocycles. The Morgan fingerprint density at radius 2 is 1.02 bits per heavy atom. The van der Waals surface area contributed by atoms with E-state index in [1.54, 1.807) is 123 Å². The first kappa shape index (κ1) is 85.4. The molecule has 5 rings (SSSR count). The number of carbonyl (C=O) groups excluding carboxylic acids is 12. The van der Waals surface area contributed by atoms with E-state index in [1.165, 1.54) is 32.7 Å². The molecule has 12 amide bonds. The van der Waals surface area contributed by atoms with Gasteiger partial charge >= 0.3 is 6.03 Å². The molecule has 0 aliphatic carbocycles. The van der Waals surface area contributed by atoms with E-state index in [0.717, 1.165) is 4.68 Å². The molecule has 35 heteroatoms. The molecule has 0 saturated heterocycles. The number of amides is 12. The highest BCUT2D eigenvalue weighted by atomic mass is 32.2. The van der Waals surface area contributed by atoms with Crippen molar-refractivity contribution in [1.82, 2.24) is 73.2 Å². The highest BCUT2D eigenvalue weighted by Gasteiger charge is 2.37. The number of hydrogen-bond acceptors (Lipinski definition) is 22. The number of hydrogen-bond donors (Lipinski definition) is 19. The van der Waals surface area contributed by atoms with Crippen molar-refractivity contribution >= 4 is 106 Å². The van der Waals surface area contributed by atoms with Gasteiger partial charge < -0.3 is 103 Å². The van der Waals surface area contributed by atoms with Crippen LogP contribution in [-0.4, -0.2) is 209 Å². The van der Waals surface area contributed by atoms with Gasteiger partial charge in [0.05, 0.1) is 41.1 Å². The molecule has 0 aliphatic heterocycles. The molecule has 0 unspecified atom stereocenters. The van der Waals surface area contributed by atoms with Gasteiger partial charge in [0.1, 0.15) is 54.4 Å². The van der Waals surface area contributed by atoms with E-state index in [0.29, 0.717) is 43.2 Å². The van der Waals surface area contributed by atoms with Crippen LogP contribution in [0.1, 0.15) is 106 Å². The van der Waals surface area contributed by atoms with Crippen molar-refractivity contribution in [1.29, 1.82) is 0 Å². The van der Waals surface area contributed by atoms with Crippen molar-refractivity contribution in [3.63, 3.8) is 0 Å². The number of fused-ring (bicyclic) bond motifs is 1. The molecule has 105 heavy (non-hydrogen) atoms. The molecule has 570 valence electrons. The average molecular weight is 1480 g/mol. The Labute approximate surface area is 612 Å². The van der Waals surface area contributed by atoms with Crippen LogP contribution in [0.15, 0.2) is 107 Å². The Balaban J connectivity index is 1.38. The number of carbonyl (C=O) groups is 12. The summed E-state index contributed by atoms with van der Waals surface area (Å²) < 4.78 is 1.04. The molecule has 5 aromatic rings. The van der Waals surface area contributed by atoms with Gasteiger partial charge in [0.25, 0.3) is 5.91 Å². The number of pyridine rings is 1. The average Bonchev–Trinajstić information content (AvgIpc) is 1.64. The normalized spacial score (nSPS) is 14.4. The summed E-state index contributed by atoms with van der Waals surface area (Å²) in [4.78, 5) is 172. The number of rotatable bonds is 43. The van der Waals surface area contributed by atoms with Crippen LogP contribution in [0.5, 0.6) is 0 Å². The van der Waals surface area contributed by atoms with Crippen LogP contribution in [0.4, 0.5) is 4.79 Å². The fourth-order valence-electron chi connectivity index (χ4n) is 10.8. The number of aliphatic hydroxyl groups excluding tert-OH is 2. The summed E-state index contributed by atoms with van der Waals surface area (Å²) in [6, 6.07) is 11.8. The van der Waals surface area contributed by atoms with Crippen LogP contribution < -0.4 is 92.9 Å². The largest absolute Gasteiger partial charge is 0.393 e. The van der Waals surface area contributed by atoms with Crippen molar-refractivity contribution in [3.8, 4) is 0 Å². The SMILES string of the molecule is CNC(=O)c1ccccc1Sc1ccc2c(/C=C/c3ccccn3)nn(C(=O)N[C@@H](CCN)C(=O)N[C@H](C(=O)N[C@@H](CCN)C(=O)N[C@@H](CCNC(=O)C[C@@H](C)O)C(=O)N[C@@H](CCN)C(=O)N[C@H](Cc3ccccc3)C(=O)N[C@@H](CC(C)C)C(=O)N[C@@H](CCN)C(=O)N[C@@H](CCN)C(N)=O)[C@@H](C)O)c2c1. The van der Waals surface area contributed by atoms with Gasteiger partial charge in [-0.15, -0.1) is 0 Å². The van der Waals surface area contributed by atoms with E-state index in [-0.39, 0.29) is 109 Å². The number of primary amides is 1. The maximum atomic E-state index is 14.6. The van der Waals surface area contributed by atoms with E-state index in [2.05, 4.69) is 68.6 Å². The molecule has 0 saturated carbocycles. The second-order valence-electron chi connectivity index (χ2n) is 25.2. The van der Waals surface area contributed by atoms with Crippen LogP contribution >= 0.6 is 11.8 Å². The lowest BCUT2D eigenvalue weighted by atomic mass is 10.00. The quantitative estimate of drug-likeness (QED) is 0.0186. The summed E-state index contributed by atoms with van der Waals surface area (Å²) in [5, 5.41) is 54.5. The minimum atomic E-state index is -1.82. The molecular formula is C70H100N20O14S. The summed E-state index contributed by atoms with van der Waals surface area (Å²) >= 11 is 1.26. The number of nitrogens with two attached hydrogens (primary N) is 6. The zero-order chi connectivity index (χ0) is 77.3. The Morgan fingerprint density at radius 3 is 1.55 bits per heavy atom. The second-order valence-corrected chi connectivity index (χ2v) is 26.3. The third-order valence-corrected chi connectivity index (χ3v) is 17.3. The lowest BCUT2D eigenvalue weighted by Gasteiger charge is -2.29.